The third kappa shape index (κ3) is 3.34. The van der Waals surface area contributed by atoms with E-state index in [0.717, 1.165) is 25.4 Å². The zero-order valence-corrected chi connectivity index (χ0v) is 14.3. The second-order valence-electron chi connectivity index (χ2n) is 7.02. The fourth-order valence-electron chi connectivity index (χ4n) is 3.81. The van der Waals surface area contributed by atoms with Crippen LogP contribution in [0.25, 0.3) is 0 Å². The number of rotatable bonds is 5. The number of carbonyl (C=O) groups excluding carboxylic acids is 1. The first-order chi connectivity index (χ1) is 11.5. The minimum Gasteiger partial charge on any atom is -0.481 e. The summed E-state index contributed by atoms with van der Waals surface area (Å²) in [6.07, 6.45) is 4.31. The van der Waals surface area contributed by atoms with Crippen LogP contribution in [-0.4, -0.2) is 53.0 Å². The lowest BCUT2D eigenvalue weighted by atomic mass is 9.77. The first-order valence-electron chi connectivity index (χ1n) is 8.88. The lowest BCUT2D eigenvalue weighted by Gasteiger charge is -2.39. The third-order valence-corrected chi connectivity index (χ3v) is 5.45. The van der Waals surface area contributed by atoms with Gasteiger partial charge in [0, 0.05) is 13.1 Å². The molecule has 132 valence electrons. The molecule has 2 saturated heterocycles. The van der Waals surface area contributed by atoms with Crippen LogP contribution < -0.4 is 0 Å². The predicted octanol–water partition coefficient (Wildman–Crippen LogP) is 2.59. The number of carboxylic acid groups (broad SMARTS) is 1. The molecule has 1 aromatic heterocycles. The molecule has 0 spiro atoms. The zero-order chi connectivity index (χ0) is 17.2. The molecular formula is C18H26N2O4. The largest absolute Gasteiger partial charge is 0.481 e. The highest BCUT2D eigenvalue weighted by atomic mass is 16.4. The summed E-state index contributed by atoms with van der Waals surface area (Å²) in [7, 11) is 0. The van der Waals surface area contributed by atoms with Gasteiger partial charge in [0.05, 0.1) is 12.0 Å². The molecule has 0 saturated carbocycles. The van der Waals surface area contributed by atoms with Crippen LogP contribution in [0.15, 0.2) is 16.5 Å². The Balaban J connectivity index is 1.67. The predicted molar refractivity (Wildman–Crippen MR) is 88.7 cm³/mol. The minimum absolute atomic E-state index is 0.193. The summed E-state index contributed by atoms with van der Waals surface area (Å²) in [6, 6.07) is 3.58. The highest BCUT2D eigenvalue weighted by Gasteiger charge is 2.42. The van der Waals surface area contributed by atoms with Gasteiger partial charge in [-0.2, -0.15) is 0 Å². The molecule has 0 unspecified atom stereocenters. The lowest BCUT2D eigenvalue weighted by molar-refractivity contribution is -0.152. The van der Waals surface area contributed by atoms with Gasteiger partial charge in [-0.3, -0.25) is 14.5 Å². The number of hydrogen-bond donors (Lipinski definition) is 1. The van der Waals surface area contributed by atoms with E-state index in [1.165, 1.54) is 12.8 Å². The van der Waals surface area contributed by atoms with E-state index < -0.39 is 11.4 Å². The lowest BCUT2D eigenvalue weighted by Crippen LogP contribution is -2.49. The zero-order valence-electron chi connectivity index (χ0n) is 14.3. The number of carbonyl (C=O) groups is 2. The number of carboxylic acids is 1. The van der Waals surface area contributed by atoms with Gasteiger partial charge >= 0.3 is 5.97 Å². The molecular weight excluding hydrogens is 308 g/mol. The molecule has 2 fully saturated rings. The van der Waals surface area contributed by atoms with Gasteiger partial charge in [-0.25, -0.2) is 0 Å². The van der Waals surface area contributed by atoms with Gasteiger partial charge in [0.1, 0.15) is 5.76 Å². The van der Waals surface area contributed by atoms with Crippen LogP contribution in [0, 0.1) is 5.41 Å². The maximum absolute atomic E-state index is 12.7. The number of piperidine rings is 1. The second kappa shape index (κ2) is 6.97. The normalized spacial score (nSPS) is 25.1. The fourth-order valence-corrected chi connectivity index (χ4v) is 3.81. The second-order valence-corrected chi connectivity index (χ2v) is 7.02. The van der Waals surface area contributed by atoms with Crippen molar-refractivity contribution in [2.24, 2.45) is 5.41 Å². The highest BCUT2D eigenvalue weighted by molar-refractivity contribution is 5.92. The Morgan fingerprint density at radius 3 is 2.62 bits per heavy atom. The molecule has 0 aromatic carbocycles. The molecule has 0 radical (unpaired) electrons. The van der Waals surface area contributed by atoms with Crippen molar-refractivity contribution in [3.05, 3.63) is 23.7 Å². The number of hydrogen-bond acceptors (Lipinski definition) is 4. The Hall–Kier alpha value is -1.82. The fraction of sp³-hybridized carbons (Fsp3) is 0.667. The van der Waals surface area contributed by atoms with Crippen LogP contribution in [0.3, 0.4) is 0 Å². The first-order valence-corrected chi connectivity index (χ1v) is 8.88. The van der Waals surface area contributed by atoms with Gasteiger partial charge in [-0.15, -0.1) is 0 Å². The van der Waals surface area contributed by atoms with Crippen LogP contribution in [0.4, 0.5) is 0 Å². The van der Waals surface area contributed by atoms with E-state index in [-0.39, 0.29) is 12.5 Å². The van der Waals surface area contributed by atoms with E-state index in [2.05, 4.69) is 4.90 Å². The van der Waals surface area contributed by atoms with Gasteiger partial charge in [-0.1, -0.05) is 6.92 Å². The minimum atomic E-state index is -0.821. The monoisotopic (exact) mass is 334 g/mol. The summed E-state index contributed by atoms with van der Waals surface area (Å²) < 4.78 is 5.74. The highest BCUT2D eigenvalue weighted by Crippen LogP contribution is 2.34. The molecule has 2 aliphatic rings. The van der Waals surface area contributed by atoms with E-state index in [9.17, 15) is 14.7 Å². The molecule has 24 heavy (non-hydrogen) atoms. The van der Waals surface area contributed by atoms with Gasteiger partial charge in [-0.05, 0) is 57.3 Å². The average Bonchev–Trinajstić information content (AvgIpc) is 3.26. The number of amides is 1. The Kier molecular flexibility index (Phi) is 4.94. The molecule has 0 aliphatic carbocycles. The van der Waals surface area contributed by atoms with Crippen LogP contribution in [0.5, 0.6) is 0 Å². The standard InChI is InChI=1S/C18H26N2O4/c1-2-18(17(22)23)8-5-11-20(13-18)16(21)15-7-6-14(24-15)12-19-9-3-4-10-19/h6-7H,2-5,8-13H2,1H3,(H,22,23)/t18-/m1/s1. The van der Waals surface area contributed by atoms with Gasteiger partial charge < -0.3 is 14.4 Å². The molecule has 1 amide bonds. The molecule has 1 aromatic rings. The molecule has 3 heterocycles. The summed E-state index contributed by atoms with van der Waals surface area (Å²) in [5.74, 6) is 0.122. The Bertz CT molecular complexity index is 606. The maximum Gasteiger partial charge on any atom is 0.311 e. The topological polar surface area (TPSA) is 74.0 Å². The summed E-state index contributed by atoms with van der Waals surface area (Å²) in [5.41, 5.74) is -0.821. The smallest absolute Gasteiger partial charge is 0.311 e. The van der Waals surface area contributed by atoms with E-state index in [0.29, 0.717) is 31.6 Å². The number of likely N-dealkylation sites (tertiary alicyclic amines) is 2. The Morgan fingerprint density at radius 2 is 1.96 bits per heavy atom. The van der Waals surface area contributed by atoms with Crippen molar-refractivity contribution in [2.45, 2.75) is 45.6 Å². The summed E-state index contributed by atoms with van der Waals surface area (Å²) in [4.78, 5) is 28.3. The van der Waals surface area contributed by atoms with E-state index in [1.54, 1.807) is 11.0 Å². The number of furan rings is 1. The van der Waals surface area contributed by atoms with Gasteiger partial charge in [0.15, 0.2) is 5.76 Å². The van der Waals surface area contributed by atoms with E-state index in [4.69, 9.17) is 4.42 Å². The van der Waals surface area contributed by atoms with Crippen LogP contribution in [-0.2, 0) is 11.3 Å². The molecule has 3 rings (SSSR count). The van der Waals surface area contributed by atoms with Crippen LogP contribution >= 0.6 is 0 Å². The van der Waals surface area contributed by atoms with Crippen molar-refractivity contribution >= 4 is 11.9 Å². The van der Waals surface area contributed by atoms with Crippen molar-refractivity contribution in [1.82, 2.24) is 9.80 Å². The first kappa shape index (κ1) is 17.0. The Labute approximate surface area is 142 Å². The molecule has 1 N–H and O–H groups in total. The van der Waals surface area contributed by atoms with Gasteiger partial charge in [0.25, 0.3) is 5.91 Å². The number of aliphatic carboxylic acids is 1. The van der Waals surface area contributed by atoms with E-state index in [1.807, 2.05) is 13.0 Å². The number of nitrogens with zero attached hydrogens (tertiary/aromatic N) is 2. The maximum atomic E-state index is 12.7. The van der Waals surface area contributed by atoms with Crippen molar-refractivity contribution in [3.8, 4) is 0 Å². The Morgan fingerprint density at radius 1 is 1.21 bits per heavy atom. The molecule has 6 heteroatoms. The van der Waals surface area contributed by atoms with Crippen molar-refractivity contribution in [1.29, 1.82) is 0 Å². The SMILES string of the molecule is CC[C@@]1(C(=O)O)CCCN(C(=O)c2ccc(CN3CCCC3)o2)C1. The van der Waals surface area contributed by atoms with E-state index >= 15 is 0 Å². The summed E-state index contributed by atoms with van der Waals surface area (Å²) in [6.45, 7) is 5.63. The van der Waals surface area contributed by atoms with Crippen LogP contribution in [0.1, 0.15) is 55.3 Å². The van der Waals surface area contributed by atoms with Crippen molar-refractivity contribution in [3.63, 3.8) is 0 Å². The van der Waals surface area contributed by atoms with Crippen LogP contribution in [0.2, 0.25) is 0 Å². The molecule has 6 nitrogen and oxygen atoms in total. The quantitative estimate of drug-likeness (QED) is 0.896. The summed E-state index contributed by atoms with van der Waals surface area (Å²) >= 11 is 0. The molecule has 1 atom stereocenters. The molecule has 0 bridgehead atoms. The van der Waals surface area contributed by atoms with Crippen molar-refractivity contribution < 1.29 is 19.1 Å². The van der Waals surface area contributed by atoms with Gasteiger partial charge in [0.2, 0.25) is 0 Å². The summed E-state index contributed by atoms with van der Waals surface area (Å²) in [5, 5.41) is 9.56. The van der Waals surface area contributed by atoms with Crippen molar-refractivity contribution in [2.75, 3.05) is 26.2 Å². The molecule has 2 aliphatic heterocycles. The third-order valence-electron chi connectivity index (χ3n) is 5.45. The average molecular weight is 334 g/mol.